The highest BCUT2D eigenvalue weighted by Crippen LogP contribution is 2.23. The minimum absolute atomic E-state index is 0.230. The lowest BCUT2D eigenvalue weighted by atomic mass is 10.1. The summed E-state index contributed by atoms with van der Waals surface area (Å²) in [6.45, 7) is 7.26. The number of aryl methyl sites for hydroxylation is 2. The van der Waals surface area contributed by atoms with Gasteiger partial charge in [0, 0.05) is 19.0 Å². The minimum atomic E-state index is 0.230. The summed E-state index contributed by atoms with van der Waals surface area (Å²) in [7, 11) is 0. The number of aromatic nitrogens is 2. The largest absolute Gasteiger partial charge is 0.327 e. The van der Waals surface area contributed by atoms with Crippen molar-refractivity contribution in [1.82, 2.24) is 9.78 Å². The van der Waals surface area contributed by atoms with Crippen LogP contribution < -0.4 is 5.73 Å². The zero-order chi connectivity index (χ0) is 11.4. The van der Waals surface area contributed by atoms with Crippen molar-refractivity contribution < 1.29 is 0 Å². The van der Waals surface area contributed by atoms with E-state index < -0.39 is 0 Å². The van der Waals surface area contributed by atoms with Gasteiger partial charge in [-0.3, -0.25) is 4.68 Å². The van der Waals surface area contributed by atoms with Crippen LogP contribution in [0.15, 0.2) is 4.47 Å². The minimum Gasteiger partial charge on any atom is -0.327 e. The Bertz CT molecular complexity index is 320. The molecular formula is C11H20BrN3. The van der Waals surface area contributed by atoms with Gasteiger partial charge < -0.3 is 5.73 Å². The van der Waals surface area contributed by atoms with Crippen molar-refractivity contribution in [3.8, 4) is 0 Å². The van der Waals surface area contributed by atoms with Crippen molar-refractivity contribution in [2.45, 2.75) is 52.6 Å². The fourth-order valence-electron chi connectivity index (χ4n) is 1.60. The van der Waals surface area contributed by atoms with E-state index >= 15 is 0 Å². The van der Waals surface area contributed by atoms with Crippen LogP contribution in [0.4, 0.5) is 0 Å². The standard InChI is InChI=1S/C11H20BrN3/c1-4-8(13)7-10-11(12)9(5-2)14-15(10)6-3/h8H,4-7,13H2,1-3H3. The van der Waals surface area contributed by atoms with Crippen molar-refractivity contribution in [1.29, 1.82) is 0 Å². The Kier molecular flexibility index (Phi) is 4.80. The number of hydrogen-bond donors (Lipinski definition) is 1. The van der Waals surface area contributed by atoms with Gasteiger partial charge in [0.25, 0.3) is 0 Å². The second-order valence-electron chi connectivity index (χ2n) is 3.75. The number of nitrogens with zero attached hydrogens (tertiary/aromatic N) is 2. The molecule has 0 bridgehead atoms. The highest BCUT2D eigenvalue weighted by atomic mass is 79.9. The van der Waals surface area contributed by atoms with Gasteiger partial charge in [0.05, 0.1) is 15.9 Å². The summed E-state index contributed by atoms with van der Waals surface area (Å²) in [5, 5.41) is 4.55. The van der Waals surface area contributed by atoms with Crippen LogP contribution >= 0.6 is 15.9 Å². The molecule has 0 saturated carbocycles. The molecule has 15 heavy (non-hydrogen) atoms. The highest BCUT2D eigenvalue weighted by Gasteiger charge is 2.15. The highest BCUT2D eigenvalue weighted by molar-refractivity contribution is 9.10. The van der Waals surface area contributed by atoms with E-state index in [4.69, 9.17) is 5.73 Å². The SMILES string of the molecule is CCc1nn(CC)c(CC(N)CC)c1Br. The van der Waals surface area contributed by atoms with Crippen molar-refractivity contribution >= 4 is 15.9 Å². The molecule has 1 aromatic heterocycles. The summed E-state index contributed by atoms with van der Waals surface area (Å²) in [6, 6.07) is 0.230. The Balaban J connectivity index is 2.97. The second-order valence-corrected chi connectivity index (χ2v) is 4.54. The van der Waals surface area contributed by atoms with E-state index in [-0.39, 0.29) is 6.04 Å². The van der Waals surface area contributed by atoms with Crippen molar-refractivity contribution in [2.75, 3.05) is 0 Å². The third kappa shape index (κ3) is 2.82. The summed E-state index contributed by atoms with van der Waals surface area (Å²) in [4.78, 5) is 0. The first kappa shape index (κ1) is 12.7. The molecule has 2 N–H and O–H groups in total. The summed E-state index contributed by atoms with van der Waals surface area (Å²) in [6.07, 6.45) is 2.86. The first-order valence-corrected chi connectivity index (χ1v) is 6.42. The molecule has 0 saturated heterocycles. The van der Waals surface area contributed by atoms with Crippen molar-refractivity contribution in [3.05, 3.63) is 15.9 Å². The molecule has 1 unspecified atom stereocenters. The summed E-state index contributed by atoms with van der Waals surface area (Å²) >= 11 is 3.62. The molecule has 1 rings (SSSR count). The van der Waals surface area contributed by atoms with E-state index in [1.165, 1.54) is 5.69 Å². The molecule has 1 heterocycles. The van der Waals surface area contributed by atoms with Crippen LogP contribution in [0, 0.1) is 0 Å². The molecule has 0 radical (unpaired) electrons. The Labute approximate surface area is 100 Å². The molecule has 0 aromatic carbocycles. The number of rotatable bonds is 5. The van der Waals surface area contributed by atoms with Crippen molar-refractivity contribution in [2.24, 2.45) is 5.73 Å². The molecule has 1 aromatic rings. The molecular weight excluding hydrogens is 254 g/mol. The molecule has 0 aliphatic carbocycles. The maximum atomic E-state index is 5.99. The van der Waals surface area contributed by atoms with Crippen LogP contribution in [0.3, 0.4) is 0 Å². The zero-order valence-corrected chi connectivity index (χ0v) is 11.3. The lowest BCUT2D eigenvalue weighted by Gasteiger charge is -2.10. The van der Waals surface area contributed by atoms with Crippen LogP contribution in [0.1, 0.15) is 38.6 Å². The van der Waals surface area contributed by atoms with Gasteiger partial charge in [-0.25, -0.2) is 0 Å². The fourth-order valence-corrected chi connectivity index (χ4v) is 2.33. The molecule has 0 fully saturated rings. The lowest BCUT2D eigenvalue weighted by molar-refractivity contribution is 0.566. The first-order chi connectivity index (χ1) is 7.13. The summed E-state index contributed by atoms with van der Waals surface area (Å²) < 4.78 is 3.20. The van der Waals surface area contributed by atoms with Gasteiger partial charge in [-0.15, -0.1) is 0 Å². The van der Waals surface area contributed by atoms with Crippen LogP contribution in [-0.4, -0.2) is 15.8 Å². The summed E-state index contributed by atoms with van der Waals surface area (Å²) in [5.41, 5.74) is 8.36. The average Bonchev–Trinajstić information content (AvgIpc) is 2.55. The van der Waals surface area contributed by atoms with E-state index in [2.05, 4.69) is 46.5 Å². The zero-order valence-electron chi connectivity index (χ0n) is 9.76. The quantitative estimate of drug-likeness (QED) is 0.896. The van der Waals surface area contributed by atoms with Gasteiger partial charge in [-0.2, -0.15) is 5.10 Å². The predicted molar refractivity (Wildman–Crippen MR) is 66.9 cm³/mol. The van der Waals surface area contributed by atoms with Gasteiger partial charge in [-0.05, 0) is 35.7 Å². The van der Waals surface area contributed by atoms with Gasteiger partial charge in [0.15, 0.2) is 0 Å². The Morgan fingerprint density at radius 3 is 2.53 bits per heavy atom. The van der Waals surface area contributed by atoms with Gasteiger partial charge >= 0.3 is 0 Å². The monoisotopic (exact) mass is 273 g/mol. The molecule has 0 aliphatic heterocycles. The van der Waals surface area contributed by atoms with E-state index in [9.17, 15) is 0 Å². The maximum absolute atomic E-state index is 5.99. The topological polar surface area (TPSA) is 43.8 Å². The molecule has 0 aliphatic rings. The molecule has 0 amide bonds. The van der Waals surface area contributed by atoms with E-state index in [1.807, 2.05) is 0 Å². The Hall–Kier alpha value is -0.350. The number of nitrogens with two attached hydrogens (primary N) is 1. The smallest absolute Gasteiger partial charge is 0.0766 e. The van der Waals surface area contributed by atoms with Crippen LogP contribution in [0.2, 0.25) is 0 Å². The second kappa shape index (κ2) is 5.66. The van der Waals surface area contributed by atoms with Gasteiger partial charge in [-0.1, -0.05) is 13.8 Å². The number of hydrogen-bond acceptors (Lipinski definition) is 2. The molecule has 4 heteroatoms. The maximum Gasteiger partial charge on any atom is 0.0766 e. The van der Waals surface area contributed by atoms with Crippen LogP contribution in [0.5, 0.6) is 0 Å². The Morgan fingerprint density at radius 1 is 1.40 bits per heavy atom. The Morgan fingerprint density at radius 2 is 2.07 bits per heavy atom. The normalized spacial score (nSPS) is 13.1. The van der Waals surface area contributed by atoms with Gasteiger partial charge in [0.2, 0.25) is 0 Å². The summed E-state index contributed by atoms with van der Waals surface area (Å²) in [5.74, 6) is 0. The average molecular weight is 274 g/mol. The van der Waals surface area contributed by atoms with Crippen LogP contribution in [0.25, 0.3) is 0 Å². The van der Waals surface area contributed by atoms with Gasteiger partial charge in [0.1, 0.15) is 0 Å². The van der Waals surface area contributed by atoms with E-state index in [0.717, 1.165) is 36.0 Å². The van der Waals surface area contributed by atoms with Crippen LogP contribution in [-0.2, 0) is 19.4 Å². The predicted octanol–water partition coefficient (Wildman–Crippen LogP) is 2.51. The number of halogens is 1. The lowest BCUT2D eigenvalue weighted by Crippen LogP contribution is -2.23. The fraction of sp³-hybridized carbons (Fsp3) is 0.727. The molecule has 0 spiro atoms. The third-order valence-electron chi connectivity index (χ3n) is 2.67. The molecule has 1 atom stereocenters. The van der Waals surface area contributed by atoms with E-state index in [0.29, 0.717) is 0 Å². The first-order valence-electron chi connectivity index (χ1n) is 5.63. The third-order valence-corrected chi connectivity index (χ3v) is 3.59. The molecule has 86 valence electrons. The van der Waals surface area contributed by atoms with Crippen molar-refractivity contribution in [3.63, 3.8) is 0 Å². The molecule has 3 nitrogen and oxygen atoms in total. The van der Waals surface area contributed by atoms with E-state index in [1.54, 1.807) is 0 Å².